The fraction of sp³-hybridized carbons (Fsp3) is 0.320. The van der Waals surface area contributed by atoms with Gasteiger partial charge in [-0.15, -0.1) is 0 Å². The molecule has 4 N–H and O–H groups in total. The number of nitrogens with zero attached hydrogens (tertiary/aromatic N) is 3. The number of likely N-dealkylation sites (N-methyl/N-ethyl adjacent to an activating group) is 1. The predicted octanol–water partition coefficient (Wildman–Crippen LogP) is 3.39. The van der Waals surface area contributed by atoms with Gasteiger partial charge in [-0.3, -0.25) is 4.79 Å². The summed E-state index contributed by atoms with van der Waals surface area (Å²) in [5, 5.41) is 6.83. The zero-order valence-electron chi connectivity index (χ0n) is 18.7. The van der Waals surface area contributed by atoms with Gasteiger partial charge in [0.25, 0.3) is 0 Å². The maximum Gasteiger partial charge on any atom is 0.234 e. The second kappa shape index (κ2) is 9.78. The van der Waals surface area contributed by atoms with Crippen molar-refractivity contribution in [1.29, 1.82) is 0 Å². The van der Waals surface area contributed by atoms with Gasteiger partial charge in [0.2, 0.25) is 5.91 Å². The van der Waals surface area contributed by atoms with Crippen LogP contribution in [-0.2, 0) is 24.3 Å². The van der Waals surface area contributed by atoms with Gasteiger partial charge in [-0.05, 0) is 30.7 Å². The number of nitrogens with two attached hydrogens (primary N) is 1. The van der Waals surface area contributed by atoms with E-state index in [-0.39, 0.29) is 5.91 Å². The fourth-order valence-electron chi connectivity index (χ4n) is 3.97. The van der Waals surface area contributed by atoms with E-state index in [9.17, 15) is 4.79 Å². The van der Waals surface area contributed by atoms with Gasteiger partial charge in [-0.2, -0.15) is 0 Å². The van der Waals surface area contributed by atoms with Crippen LogP contribution in [0.15, 0.2) is 48.5 Å². The van der Waals surface area contributed by atoms with E-state index in [0.717, 1.165) is 52.6 Å². The number of fused-ring (bicyclic) bond motifs is 3. The molecule has 0 bridgehead atoms. The number of unbranched alkanes of at least 4 members (excludes halogenated alkanes) is 1. The topological polar surface area (TPSA) is 97.9 Å². The van der Waals surface area contributed by atoms with Crippen molar-refractivity contribution in [2.45, 2.75) is 39.3 Å². The fourth-order valence-corrected chi connectivity index (χ4v) is 3.97. The van der Waals surface area contributed by atoms with Crippen molar-refractivity contribution in [2.24, 2.45) is 0 Å². The molecular weight excluding hydrogens is 400 g/mol. The second-order valence-corrected chi connectivity index (χ2v) is 8.05. The molecule has 2 aromatic heterocycles. The van der Waals surface area contributed by atoms with Gasteiger partial charge in [0.1, 0.15) is 11.3 Å². The molecule has 0 saturated heterocycles. The van der Waals surface area contributed by atoms with Crippen molar-refractivity contribution in [3.8, 4) is 0 Å². The summed E-state index contributed by atoms with van der Waals surface area (Å²) in [6, 6.07) is 16.4. The van der Waals surface area contributed by atoms with Crippen LogP contribution in [0, 0.1) is 0 Å². The Hall–Kier alpha value is -3.45. The number of pyridine rings is 1. The first-order valence-electron chi connectivity index (χ1n) is 11.1. The van der Waals surface area contributed by atoms with E-state index in [1.807, 2.05) is 18.2 Å². The summed E-state index contributed by atoms with van der Waals surface area (Å²) in [5.41, 5.74) is 11.2. The molecule has 32 heavy (non-hydrogen) atoms. The Balaban J connectivity index is 1.67. The van der Waals surface area contributed by atoms with Crippen LogP contribution in [0.25, 0.3) is 21.9 Å². The number of hydrogen-bond donors (Lipinski definition) is 3. The zero-order valence-corrected chi connectivity index (χ0v) is 18.7. The number of hydrogen-bond acceptors (Lipinski definition) is 5. The number of imidazole rings is 1. The molecule has 0 unspecified atom stereocenters. The Labute approximate surface area is 188 Å². The van der Waals surface area contributed by atoms with Gasteiger partial charge in [-0.1, -0.05) is 55.8 Å². The van der Waals surface area contributed by atoms with Gasteiger partial charge in [0, 0.05) is 24.9 Å². The molecule has 0 atom stereocenters. The number of aryl methyl sites for hydroxylation is 1. The predicted molar refractivity (Wildman–Crippen MR) is 129 cm³/mol. The lowest BCUT2D eigenvalue weighted by Gasteiger charge is -2.12. The van der Waals surface area contributed by atoms with Crippen molar-refractivity contribution in [3.63, 3.8) is 0 Å². The van der Waals surface area contributed by atoms with Gasteiger partial charge in [0.05, 0.1) is 17.6 Å². The number of amides is 1. The highest BCUT2D eigenvalue weighted by molar-refractivity contribution is 6.06. The second-order valence-electron chi connectivity index (χ2n) is 8.05. The summed E-state index contributed by atoms with van der Waals surface area (Å²) < 4.78 is 2.29. The summed E-state index contributed by atoms with van der Waals surface area (Å²) in [7, 11) is 1.76. The third-order valence-corrected chi connectivity index (χ3v) is 5.63. The maximum absolute atomic E-state index is 11.7. The van der Waals surface area contributed by atoms with Crippen LogP contribution in [0.2, 0.25) is 0 Å². The van der Waals surface area contributed by atoms with E-state index in [2.05, 4.69) is 57.4 Å². The van der Waals surface area contributed by atoms with Gasteiger partial charge in [-0.25, -0.2) is 9.97 Å². The molecule has 2 aromatic carbocycles. The molecule has 2 heterocycles. The Morgan fingerprint density at radius 1 is 1.06 bits per heavy atom. The van der Waals surface area contributed by atoms with Crippen LogP contribution in [-0.4, -0.2) is 34.0 Å². The molecule has 0 aliphatic carbocycles. The highest BCUT2D eigenvalue weighted by Gasteiger charge is 2.17. The molecule has 0 aliphatic rings. The molecule has 166 valence electrons. The number of carbonyl (C=O) groups excluding carboxylic acids is 1. The standard InChI is InChI=1S/C25H30N6O/c1-3-4-9-21-30-23-24(19-7-5-6-8-20(19)29-25(23)26)31(21)16-18-12-10-17(11-13-18)14-28-22(32)15-27-2/h5-8,10-13,27H,3-4,9,14-16H2,1-2H3,(H2,26,29)(H,28,32). The van der Waals surface area contributed by atoms with E-state index in [4.69, 9.17) is 10.7 Å². The summed E-state index contributed by atoms with van der Waals surface area (Å²) in [5.74, 6) is 1.50. The first-order valence-corrected chi connectivity index (χ1v) is 11.1. The monoisotopic (exact) mass is 430 g/mol. The van der Waals surface area contributed by atoms with E-state index in [0.29, 0.717) is 25.5 Å². The van der Waals surface area contributed by atoms with Crippen molar-refractivity contribution in [2.75, 3.05) is 19.3 Å². The number of carbonyl (C=O) groups is 1. The number of para-hydroxylation sites is 1. The van der Waals surface area contributed by atoms with Crippen molar-refractivity contribution in [3.05, 3.63) is 65.5 Å². The van der Waals surface area contributed by atoms with Gasteiger partial charge < -0.3 is 20.9 Å². The molecular formula is C25H30N6O. The van der Waals surface area contributed by atoms with E-state index in [1.54, 1.807) is 7.05 Å². The summed E-state index contributed by atoms with van der Waals surface area (Å²) >= 11 is 0. The molecule has 4 rings (SSSR count). The van der Waals surface area contributed by atoms with Gasteiger partial charge >= 0.3 is 0 Å². The third kappa shape index (κ3) is 4.57. The Morgan fingerprint density at radius 3 is 2.56 bits per heavy atom. The first-order chi connectivity index (χ1) is 15.6. The van der Waals surface area contributed by atoms with Crippen LogP contribution in [0.1, 0.15) is 36.7 Å². The van der Waals surface area contributed by atoms with Crippen molar-refractivity contribution < 1.29 is 4.79 Å². The number of rotatable bonds is 9. The number of nitrogens with one attached hydrogen (secondary N) is 2. The van der Waals surface area contributed by atoms with Crippen molar-refractivity contribution in [1.82, 2.24) is 25.2 Å². The Kier molecular flexibility index (Phi) is 6.66. The van der Waals surface area contributed by atoms with Crippen LogP contribution in [0.5, 0.6) is 0 Å². The largest absolute Gasteiger partial charge is 0.382 e. The lowest BCUT2D eigenvalue weighted by molar-refractivity contribution is -0.120. The van der Waals surface area contributed by atoms with Crippen LogP contribution >= 0.6 is 0 Å². The average molecular weight is 431 g/mol. The minimum Gasteiger partial charge on any atom is -0.382 e. The molecule has 7 heteroatoms. The minimum atomic E-state index is -0.0138. The quantitative estimate of drug-likeness (QED) is 0.378. The van der Waals surface area contributed by atoms with Crippen LogP contribution < -0.4 is 16.4 Å². The van der Waals surface area contributed by atoms with Crippen LogP contribution in [0.3, 0.4) is 0 Å². The first kappa shape index (κ1) is 21.8. The molecule has 7 nitrogen and oxygen atoms in total. The number of anilines is 1. The van der Waals surface area contributed by atoms with E-state index >= 15 is 0 Å². The third-order valence-electron chi connectivity index (χ3n) is 5.63. The number of nitrogen functional groups attached to an aromatic ring is 1. The van der Waals surface area contributed by atoms with Crippen LogP contribution in [0.4, 0.5) is 5.82 Å². The SMILES string of the molecule is CCCCc1nc2c(N)nc3ccccc3c2n1Cc1ccc(CNC(=O)CNC)cc1. The molecule has 0 saturated carbocycles. The summed E-state index contributed by atoms with van der Waals surface area (Å²) in [4.78, 5) is 21.1. The molecule has 4 aromatic rings. The normalized spacial score (nSPS) is 11.3. The molecule has 0 aliphatic heterocycles. The summed E-state index contributed by atoms with van der Waals surface area (Å²) in [6.07, 6.45) is 3.07. The number of benzene rings is 2. The average Bonchev–Trinajstić information content (AvgIpc) is 3.16. The minimum absolute atomic E-state index is 0.0138. The van der Waals surface area contributed by atoms with Crippen molar-refractivity contribution >= 4 is 33.7 Å². The Bertz CT molecular complexity index is 1230. The highest BCUT2D eigenvalue weighted by atomic mass is 16.1. The highest BCUT2D eigenvalue weighted by Crippen LogP contribution is 2.30. The maximum atomic E-state index is 11.7. The van der Waals surface area contributed by atoms with E-state index < -0.39 is 0 Å². The zero-order chi connectivity index (χ0) is 22.5. The Morgan fingerprint density at radius 2 is 1.81 bits per heavy atom. The summed E-state index contributed by atoms with van der Waals surface area (Å²) in [6.45, 7) is 3.73. The van der Waals surface area contributed by atoms with E-state index in [1.165, 1.54) is 5.56 Å². The lowest BCUT2D eigenvalue weighted by Crippen LogP contribution is -2.31. The number of aromatic nitrogens is 3. The smallest absolute Gasteiger partial charge is 0.234 e. The lowest BCUT2D eigenvalue weighted by atomic mass is 10.1. The molecule has 0 spiro atoms. The molecule has 0 radical (unpaired) electrons. The molecule has 1 amide bonds. The van der Waals surface area contributed by atoms with Gasteiger partial charge in [0.15, 0.2) is 5.82 Å². The molecule has 0 fully saturated rings.